The van der Waals surface area contributed by atoms with Crippen molar-refractivity contribution in [1.29, 1.82) is 0 Å². The lowest BCUT2D eigenvalue weighted by Crippen LogP contribution is -2.54. The molecule has 4 heterocycles. The van der Waals surface area contributed by atoms with Gasteiger partial charge in [-0.05, 0) is 37.8 Å². The smallest absolute Gasteiger partial charge is 0.274 e. The van der Waals surface area contributed by atoms with Crippen molar-refractivity contribution < 1.29 is 14.4 Å². The average Bonchev–Trinajstić information content (AvgIpc) is 3.24. The number of aryl methyl sites for hydroxylation is 1. The van der Waals surface area contributed by atoms with Gasteiger partial charge in [-0.25, -0.2) is 4.98 Å². The van der Waals surface area contributed by atoms with Crippen LogP contribution in [0.2, 0.25) is 0 Å². The first kappa shape index (κ1) is 19.4. The van der Waals surface area contributed by atoms with E-state index >= 15 is 0 Å². The van der Waals surface area contributed by atoms with Gasteiger partial charge in [0.25, 0.3) is 5.91 Å². The number of piperidine rings is 1. The Balaban J connectivity index is 1.64. The molecule has 2 aliphatic heterocycles. The van der Waals surface area contributed by atoms with Gasteiger partial charge in [0.05, 0.1) is 0 Å². The number of fused-ring (bicyclic) bond motifs is 1. The number of hydrogen-bond donors (Lipinski definition) is 1. The minimum Gasteiger partial charge on any atom is -0.352 e. The van der Waals surface area contributed by atoms with Crippen molar-refractivity contribution in [2.45, 2.75) is 51.6 Å². The predicted molar refractivity (Wildman–Crippen MR) is 107 cm³/mol. The largest absolute Gasteiger partial charge is 0.352 e. The van der Waals surface area contributed by atoms with Crippen LogP contribution in [-0.2, 0) is 9.59 Å². The van der Waals surface area contributed by atoms with Gasteiger partial charge < -0.3 is 19.5 Å². The summed E-state index contributed by atoms with van der Waals surface area (Å²) in [7, 11) is 0. The Bertz CT molecular complexity index is 974. The second kappa shape index (κ2) is 7.17. The third kappa shape index (κ3) is 3.47. The molecule has 1 atom stereocenters. The molecule has 1 spiro atoms. The van der Waals surface area contributed by atoms with Gasteiger partial charge in [0.1, 0.15) is 11.3 Å². The standard InChI is InChI=1S/C21H27N5O3/c1-14-5-4-8-25-13-18(23-19(14)25)20(29)26-12-17(22-15(2)27)11-21(26)6-9-24(10-7-21)16(3)28/h4-5,8,13,17H,6-7,9-12H2,1-3H3,(H,22,27). The molecule has 0 bridgehead atoms. The number of aromatic nitrogens is 2. The Labute approximate surface area is 169 Å². The number of imidazole rings is 1. The van der Waals surface area contributed by atoms with E-state index in [-0.39, 0.29) is 29.3 Å². The first-order chi connectivity index (χ1) is 13.8. The topological polar surface area (TPSA) is 87.0 Å². The Morgan fingerprint density at radius 3 is 2.55 bits per heavy atom. The zero-order valence-electron chi connectivity index (χ0n) is 17.1. The molecule has 29 heavy (non-hydrogen) atoms. The van der Waals surface area contributed by atoms with Crippen LogP contribution in [-0.4, -0.2) is 68.1 Å². The molecule has 1 unspecified atom stereocenters. The summed E-state index contributed by atoms with van der Waals surface area (Å²) in [4.78, 5) is 45.2. The third-order valence-corrected chi connectivity index (χ3v) is 6.29. The van der Waals surface area contributed by atoms with Crippen LogP contribution in [0.15, 0.2) is 24.5 Å². The molecule has 2 saturated heterocycles. The fourth-order valence-electron chi connectivity index (χ4n) is 4.84. The molecule has 8 heteroatoms. The van der Waals surface area contributed by atoms with Crippen molar-refractivity contribution >= 4 is 23.4 Å². The van der Waals surface area contributed by atoms with Gasteiger partial charge in [-0.1, -0.05) is 6.07 Å². The Kier molecular flexibility index (Phi) is 4.80. The minimum absolute atomic E-state index is 0.0601. The molecule has 2 aliphatic rings. The fraction of sp³-hybridized carbons (Fsp3) is 0.524. The van der Waals surface area contributed by atoms with Crippen LogP contribution in [0, 0.1) is 6.92 Å². The number of rotatable bonds is 2. The van der Waals surface area contributed by atoms with Crippen LogP contribution in [0.3, 0.4) is 0 Å². The molecule has 154 valence electrons. The van der Waals surface area contributed by atoms with Crippen molar-refractivity contribution in [3.8, 4) is 0 Å². The highest BCUT2D eigenvalue weighted by atomic mass is 16.2. The summed E-state index contributed by atoms with van der Waals surface area (Å²) in [5.74, 6) is -0.147. The van der Waals surface area contributed by atoms with Crippen molar-refractivity contribution in [2.75, 3.05) is 19.6 Å². The molecule has 2 aromatic heterocycles. The molecular formula is C21H27N5O3. The molecule has 2 fully saturated rings. The van der Waals surface area contributed by atoms with E-state index in [4.69, 9.17) is 0 Å². The van der Waals surface area contributed by atoms with Gasteiger partial charge in [-0.3, -0.25) is 14.4 Å². The zero-order chi connectivity index (χ0) is 20.8. The van der Waals surface area contributed by atoms with Gasteiger partial charge >= 0.3 is 0 Å². The van der Waals surface area contributed by atoms with Gasteiger partial charge in [0.15, 0.2) is 0 Å². The highest BCUT2D eigenvalue weighted by molar-refractivity contribution is 5.94. The maximum absolute atomic E-state index is 13.5. The number of likely N-dealkylation sites (tertiary alicyclic amines) is 2. The average molecular weight is 397 g/mol. The highest BCUT2D eigenvalue weighted by Crippen LogP contribution is 2.39. The van der Waals surface area contributed by atoms with E-state index in [1.54, 1.807) is 13.1 Å². The van der Waals surface area contributed by atoms with Gasteiger partial charge in [-0.2, -0.15) is 0 Å². The summed E-state index contributed by atoms with van der Waals surface area (Å²) >= 11 is 0. The van der Waals surface area contributed by atoms with Gasteiger partial charge in [0.2, 0.25) is 11.8 Å². The van der Waals surface area contributed by atoms with Crippen LogP contribution in [0.5, 0.6) is 0 Å². The SMILES string of the molecule is CC(=O)NC1CN(C(=O)c2cn3cccc(C)c3n2)C2(CCN(C(C)=O)CC2)C1. The summed E-state index contributed by atoms with van der Waals surface area (Å²) in [5, 5.41) is 2.98. The predicted octanol–water partition coefficient (Wildman–Crippen LogP) is 1.37. The number of nitrogens with one attached hydrogen (secondary N) is 1. The van der Waals surface area contributed by atoms with Crippen LogP contribution in [0.4, 0.5) is 0 Å². The molecule has 8 nitrogen and oxygen atoms in total. The van der Waals surface area contributed by atoms with Crippen LogP contribution < -0.4 is 5.32 Å². The maximum atomic E-state index is 13.5. The second-order valence-electron chi connectivity index (χ2n) is 8.30. The molecule has 0 aliphatic carbocycles. The van der Waals surface area contributed by atoms with Crippen molar-refractivity contribution in [1.82, 2.24) is 24.5 Å². The monoisotopic (exact) mass is 397 g/mol. The first-order valence-electron chi connectivity index (χ1n) is 10.1. The second-order valence-corrected chi connectivity index (χ2v) is 8.30. The Hall–Kier alpha value is -2.90. The fourth-order valence-corrected chi connectivity index (χ4v) is 4.84. The molecule has 1 N–H and O–H groups in total. The van der Waals surface area contributed by atoms with E-state index in [0.29, 0.717) is 44.6 Å². The molecule has 0 saturated carbocycles. The van der Waals surface area contributed by atoms with Crippen molar-refractivity contribution in [3.63, 3.8) is 0 Å². The number of amides is 3. The van der Waals surface area contributed by atoms with Gasteiger partial charge in [0, 0.05) is 57.5 Å². The molecular weight excluding hydrogens is 370 g/mol. The van der Waals surface area contributed by atoms with Gasteiger partial charge in [-0.15, -0.1) is 0 Å². The zero-order valence-corrected chi connectivity index (χ0v) is 17.1. The summed E-state index contributed by atoms with van der Waals surface area (Å²) in [6, 6.07) is 3.82. The molecule has 4 rings (SSSR count). The first-order valence-corrected chi connectivity index (χ1v) is 10.1. The van der Waals surface area contributed by atoms with E-state index in [1.807, 2.05) is 39.5 Å². The number of nitrogens with zero attached hydrogens (tertiary/aromatic N) is 4. The van der Waals surface area contributed by atoms with Crippen LogP contribution in [0.1, 0.15) is 49.2 Å². The lowest BCUT2D eigenvalue weighted by molar-refractivity contribution is -0.131. The lowest BCUT2D eigenvalue weighted by atomic mass is 9.84. The number of hydrogen-bond acceptors (Lipinski definition) is 4. The summed E-state index contributed by atoms with van der Waals surface area (Å²) < 4.78 is 1.87. The number of carbonyl (C=O) groups excluding carboxylic acids is 3. The van der Waals surface area contributed by atoms with Crippen LogP contribution >= 0.6 is 0 Å². The van der Waals surface area contributed by atoms with E-state index in [9.17, 15) is 14.4 Å². The van der Waals surface area contributed by atoms with Crippen molar-refractivity contribution in [3.05, 3.63) is 35.8 Å². The highest BCUT2D eigenvalue weighted by Gasteiger charge is 2.50. The molecule has 3 amide bonds. The van der Waals surface area contributed by atoms with E-state index in [0.717, 1.165) is 11.2 Å². The normalized spacial score (nSPS) is 21.0. The van der Waals surface area contributed by atoms with Crippen LogP contribution in [0.25, 0.3) is 5.65 Å². The Morgan fingerprint density at radius 1 is 1.21 bits per heavy atom. The van der Waals surface area contributed by atoms with E-state index < -0.39 is 0 Å². The quantitative estimate of drug-likeness (QED) is 0.829. The Morgan fingerprint density at radius 2 is 1.93 bits per heavy atom. The molecule has 0 radical (unpaired) electrons. The summed E-state index contributed by atoms with van der Waals surface area (Å²) in [6.07, 6.45) is 5.78. The van der Waals surface area contributed by atoms with Crippen molar-refractivity contribution in [2.24, 2.45) is 0 Å². The summed E-state index contributed by atoms with van der Waals surface area (Å²) in [5.41, 5.74) is 1.83. The number of pyridine rings is 1. The molecule has 2 aromatic rings. The van der Waals surface area contributed by atoms with E-state index in [2.05, 4.69) is 10.3 Å². The van der Waals surface area contributed by atoms with E-state index in [1.165, 1.54) is 6.92 Å². The minimum atomic E-state index is -0.360. The summed E-state index contributed by atoms with van der Waals surface area (Å²) in [6.45, 7) is 6.75. The third-order valence-electron chi connectivity index (χ3n) is 6.29. The maximum Gasteiger partial charge on any atom is 0.274 e. The number of carbonyl (C=O) groups is 3. The lowest BCUT2D eigenvalue weighted by Gasteiger charge is -2.44. The molecule has 0 aromatic carbocycles.